The van der Waals surface area contributed by atoms with E-state index in [1.54, 1.807) is 0 Å². The predicted molar refractivity (Wildman–Crippen MR) is 520 cm³/mol. The first kappa shape index (κ1) is 70.7. The van der Waals surface area contributed by atoms with Crippen LogP contribution in [0.4, 0.5) is 0 Å². The van der Waals surface area contributed by atoms with Gasteiger partial charge in [0.25, 0.3) is 0 Å². The second-order valence-corrected chi connectivity index (χ2v) is 32.5. The Hall–Kier alpha value is -17.2. The maximum atomic E-state index is 5.87. The molecule has 126 heavy (non-hydrogen) atoms. The molecule has 0 radical (unpaired) electrons. The normalized spacial score (nSPS) is 12.0. The van der Waals surface area contributed by atoms with Crippen LogP contribution in [-0.2, 0) is 0 Å². The van der Waals surface area contributed by atoms with Gasteiger partial charge in [-0.25, -0.2) is 24.9 Å². The van der Waals surface area contributed by atoms with Crippen LogP contribution in [0.3, 0.4) is 0 Å². The monoisotopic (exact) mass is 1610 g/mol. The van der Waals surface area contributed by atoms with Crippen molar-refractivity contribution in [2.45, 2.75) is 0 Å². The summed E-state index contributed by atoms with van der Waals surface area (Å²) in [5.41, 5.74) is 27.4. The first-order chi connectivity index (χ1) is 62.6. The largest absolute Gasteiger partial charge is 0.307 e. The zero-order chi connectivity index (χ0) is 82.6. The van der Waals surface area contributed by atoms with Crippen molar-refractivity contribution in [3.05, 3.63) is 431 Å². The average Bonchev–Trinajstić information content (AvgIpc) is 1.53. The second-order valence-electron chi connectivity index (χ2n) is 32.5. The fourth-order valence-electron chi connectivity index (χ4n) is 20.3. The lowest BCUT2D eigenvalue weighted by Crippen LogP contribution is -2.12. The molecule has 18 aromatic carbocycles. The molecular formula is C115H71N11. The molecule has 11 nitrogen and oxygen atoms in total. The molecule has 11 heteroatoms. The van der Waals surface area contributed by atoms with Gasteiger partial charge in [-0.05, 0) is 126 Å². The van der Waals surface area contributed by atoms with Crippen molar-refractivity contribution in [3.63, 3.8) is 0 Å². The van der Waals surface area contributed by atoms with Crippen molar-refractivity contribution in [1.82, 2.24) is 52.3 Å². The van der Waals surface area contributed by atoms with Crippen LogP contribution < -0.4 is 0 Å². The third kappa shape index (κ3) is 10.8. The molecule has 586 valence electrons. The average molecular weight is 1610 g/mol. The molecule has 8 heterocycles. The Bertz CT molecular complexity index is 8670. The SMILES string of the molecule is c1ccc(-c2cc(-c3ccccc3)nc(-c3ccc(-n4c5ccccc5c5ccccc54)c(-n4c5ccccc5c5ccccc54)c3-n3c4ccccc4c4cc(-c5cccc(-c6nc(-c7ccccc7)nc(-c7ccc(-n8c9ccccc9c9ccccc98)c(-n8c9ccccc9c9ccccc98)c7-n7c8ccccc8c8ccccc87)n6)c5)ccc43)n2)cc1. The lowest BCUT2D eigenvalue weighted by Gasteiger charge is -2.24. The number of nitrogens with zero attached hydrogens (tertiary/aromatic N) is 11. The maximum absolute atomic E-state index is 5.87. The maximum Gasteiger partial charge on any atom is 0.166 e. The zero-order valence-electron chi connectivity index (χ0n) is 67.9. The zero-order valence-corrected chi connectivity index (χ0v) is 67.9. The van der Waals surface area contributed by atoms with Gasteiger partial charge in [-0.15, -0.1) is 0 Å². The number of hydrogen-bond acceptors (Lipinski definition) is 5. The van der Waals surface area contributed by atoms with E-state index < -0.39 is 0 Å². The summed E-state index contributed by atoms with van der Waals surface area (Å²) in [5.74, 6) is 2.17. The molecule has 0 saturated carbocycles. The van der Waals surface area contributed by atoms with Crippen LogP contribution in [0.2, 0.25) is 0 Å². The van der Waals surface area contributed by atoms with E-state index in [2.05, 4.69) is 452 Å². The summed E-state index contributed by atoms with van der Waals surface area (Å²) in [6.07, 6.45) is 0. The molecule has 0 saturated heterocycles. The standard InChI is InChI=1S/C115H71N11/c1-4-33-72(34-5-1)92-71-93(73-35-6-2-7-36-73)117-114(116-92)89-64-67-106(121-94-52-21-10-41-78(94)79-42-11-22-53-95(79)121)110(125-100-58-27-16-47-84(100)85-48-17-28-59-101(85)125)108(89)124-104-62-31-20-51-88(104)91-70-76(63-66-105(91)124)75-39-32-40-77(69-75)113-118-112(74-37-8-3-9-38-74)119-115(120-113)90-65-68-107(122-96-54-23-12-43-80(96)81-44-13-24-55-97(81)122)111(126-102-60-29-18-49-86(102)87-50-19-30-61-103(87)126)109(90)123-98-56-25-14-45-82(98)83-46-15-26-57-99(83)123/h1-71H. The quantitative estimate of drug-likeness (QED) is 0.115. The molecule has 8 aromatic heterocycles. The molecule has 0 bridgehead atoms. The molecule has 0 unspecified atom stereocenters. The van der Waals surface area contributed by atoms with Crippen molar-refractivity contribution >= 4 is 131 Å². The van der Waals surface area contributed by atoms with Crippen LogP contribution in [0.15, 0.2) is 431 Å². The number of fused-ring (bicyclic) bond motifs is 18. The smallest absolute Gasteiger partial charge is 0.166 e. The van der Waals surface area contributed by atoms with Gasteiger partial charge in [-0.1, -0.05) is 315 Å². The molecule has 0 aliphatic carbocycles. The highest BCUT2D eigenvalue weighted by molar-refractivity contribution is 6.18. The van der Waals surface area contributed by atoms with Gasteiger partial charge in [0.15, 0.2) is 23.3 Å². The summed E-state index contributed by atoms with van der Waals surface area (Å²) in [7, 11) is 0. The fourth-order valence-corrected chi connectivity index (χ4v) is 20.3. The summed E-state index contributed by atoms with van der Waals surface area (Å²) in [6, 6.07) is 156. The summed E-state index contributed by atoms with van der Waals surface area (Å²) < 4.78 is 14.9. The number of hydrogen-bond donors (Lipinski definition) is 0. The lowest BCUT2D eigenvalue weighted by molar-refractivity contribution is 1.03. The molecule has 26 aromatic rings. The van der Waals surface area contributed by atoms with Crippen LogP contribution in [0.25, 0.3) is 244 Å². The molecule has 0 N–H and O–H groups in total. The summed E-state index contributed by atoms with van der Waals surface area (Å²) in [6.45, 7) is 0. The number of benzene rings is 18. The Balaban J connectivity index is 0.727. The van der Waals surface area contributed by atoms with Crippen LogP contribution in [0, 0.1) is 0 Å². The van der Waals surface area contributed by atoms with E-state index >= 15 is 0 Å². The molecule has 0 aliphatic heterocycles. The van der Waals surface area contributed by atoms with Crippen molar-refractivity contribution in [2.75, 3.05) is 0 Å². The van der Waals surface area contributed by atoms with Gasteiger partial charge in [0.05, 0.1) is 112 Å². The molecule has 0 spiro atoms. The molecule has 0 fully saturated rings. The Labute approximate surface area is 722 Å². The fraction of sp³-hybridized carbons (Fsp3) is 0. The van der Waals surface area contributed by atoms with E-state index in [1.165, 1.54) is 10.8 Å². The molecule has 0 atom stereocenters. The molecule has 0 aliphatic rings. The second kappa shape index (κ2) is 28.2. The van der Waals surface area contributed by atoms with E-state index in [4.69, 9.17) is 24.9 Å². The van der Waals surface area contributed by atoms with Gasteiger partial charge in [0, 0.05) is 98.0 Å². The van der Waals surface area contributed by atoms with Gasteiger partial charge in [-0.2, -0.15) is 0 Å². The van der Waals surface area contributed by atoms with Crippen molar-refractivity contribution in [3.8, 4) is 113 Å². The topological polar surface area (TPSA) is 94.0 Å². The lowest BCUT2D eigenvalue weighted by atomic mass is 10.0. The Morgan fingerprint density at radius 2 is 0.381 bits per heavy atom. The first-order valence-corrected chi connectivity index (χ1v) is 42.8. The van der Waals surface area contributed by atoms with Gasteiger partial charge in [0.2, 0.25) is 0 Å². The minimum Gasteiger partial charge on any atom is -0.307 e. The van der Waals surface area contributed by atoms with E-state index in [9.17, 15) is 0 Å². The third-order valence-electron chi connectivity index (χ3n) is 25.7. The molecular weight excluding hydrogens is 1540 g/mol. The van der Waals surface area contributed by atoms with E-state index in [1.807, 2.05) is 6.07 Å². The van der Waals surface area contributed by atoms with Crippen LogP contribution >= 0.6 is 0 Å². The van der Waals surface area contributed by atoms with E-state index in [0.29, 0.717) is 23.3 Å². The summed E-state index contributed by atoms with van der Waals surface area (Å²) >= 11 is 0. The van der Waals surface area contributed by atoms with Gasteiger partial charge in [-0.3, -0.25) is 0 Å². The number of aromatic nitrogens is 11. The van der Waals surface area contributed by atoms with Gasteiger partial charge < -0.3 is 27.4 Å². The Morgan fingerprint density at radius 1 is 0.135 bits per heavy atom. The first-order valence-electron chi connectivity index (χ1n) is 42.8. The highest BCUT2D eigenvalue weighted by Crippen LogP contribution is 2.51. The summed E-state index contributed by atoms with van der Waals surface area (Å²) in [4.78, 5) is 28.7. The summed E-state index contributed by atoms with van der Waals surface area (Å²) in [5, 5.41) is 13.6. The molecule has 0 amide bonds. The highest BCUT2D eigenvalue weighted by Gasteiger charge is 2.33. The minimum absolute atomic E-state index is 0.515. The predicted octanol–water partition coefficient (Wildman–Crippen LogP) is 28.9. The van der Waals surface area contributed by atoms with Crippen molar-refractivity contribution < 1.29 is 0 Å². The van der Waals surface area contributed by atoms with Crippen LogP contribution in [-0.4, -0.2) is 52.3 Å². The molecule has 26 rings (SSSR count). The Morgan fingerprint density at radius 3 is 0.730 bits per heavy atom. The van der Waals surface area contributed by atoms with Crippen molar-refractivity contribution in [1.29, 1.82) is 0 Å². The van der Waals surface area contributed by atoms with Gasteiger partial charge in [0.1, 0.15) is 0 Å². The number of rotatable bonds is 13. The third-order valence-corrected chi connectivity index (χ3v) is 25.7. The van der Waals surface area contributed by atoms with Crippen LogP contribution in [0.1, 0.15) is 0 Å². The van der Waals surface area contributed by atoms with E-state index in [0.717, 1.165) is 210 Å². The van der Waals surface area contributed by atoms with Crippen molar-refractivity contribution in [2.24, 2.45) is 0 Å². The van der Waals surface area contributed by atoms with E-state index in [-0.39, 0.29) is 0 Å². The highest BCUT2D eigenvalue weighted by atomic mass is 15.1. The Kier molecular flexibility index (Phi) is 15.8. The number of para-hydroxylation sites is 11. The van der Waals surface area contributed by atoms with Gasteiger partial charge >= 0.3 is 0 Å². The minimum atomic E-state index is 0.515. The van der Waals surface area contributed by atoms with Crippen LogP contribution in [0.5, 0.6) is 0 Å².